The van der Waals surface area contributed by atoms with Crippen molar-refractivity contribution < 1.29 is 9.84 Å². The van der Waals surface area contributed by atoms with E-state index in [0.29, 0.717) is 17.6 Å². The van der Waals surface area contributed by atoms with Crippen molar-refractivity contribution in [2.24, 2.45) is 5.92 Å². The van der Waals surface area contributed by atoms with Crippen LogP contribution in [-0.4, -0.2) is 12.2 Å². The molecule has 0 saturated carbocycles. The average molecular weight is 343 g/mol. The minimum atomic E-state index is 0.158. The fraction of sp³-hybridized carbons (Fsp3) is 0.217. The fourth-order valence-corrected chi connectivity index (χ4v) is 4.57. The number of phenolic OH excluding ortho intramolecular Hbond substituents is 1. The Morgan fingerprint density at radius 1 is 1.08 bits per heavy atom. The lowest BCUT2D eigenvalue weighted by Crippen LogP contribution is -2.29. The monoisotopic (exact) mass is 343 g/mol. The molecule has 1 heterocycles. The maximum absolute atomic E-state index is 10.3. The Morgan fingerprint density at radius 2 is 1.96 bits per heavy atom. The Bertz CT molecular complexity index is 1020. The molecule has 0 amide bonds. The lowest BCUT2D eigenvalue weighted by Gasteiger charge is -2.38. The van der Waals surface area contributed by atoms with Crippen LogP contribution in [0.1, 0.15) is 29.5 Å². The number of rotatable bonds is 2. The van der Waals surface area contributed by atoms with Gasteiger partial charge in [0.15, 0.2) is 11.5 Å². The summed E-state index contributed by atoms with van der Waals surface area (Å²) in [4.78, 5) is 0. The topological polar surface area (TPSA) is 41.5 Å². The van der Waals surface area contributed by atoms with Gasteiger partial charge in [0.25, 0.3) is 0 Å². The minimum Gasteiger partial charge on any atom is -0.504 e. The van der Waals surface area contributed by atoms with E-state index >= 15 is 0 Å². The van der Waals surface area contributed by atoms with Gasteiger partial charge in [0.05, 0.1) is 13.2 Å². The Balaban J connectivity index is 1.66. The third-order valence-electron chi connectivity index (χ3n) is 5.82. The number of phenols is 1. The molecular formula is C23H21NO2. The second kappa shape index (κ2) is 5.80. The number of allylic oxidation sites excluding steroid dienone is 2. The van der Waals surface area contributed by atoms with Crippen molar-refractivity contribution in [3.05, 3.63) is 77.9 Å². The largest absolute Gasteiger partial charge is 0.504 e. The number of fused-ring (bicyclic) bond motifs is 5. The van der Waals surface area contributed by atoms with Gasteiger partial charge in [0, 0.05) is 17.0 Å². The summed E-state index contributed by atoms with van der Waals surface area (Å²) in [5.74, 6) is 1.57. The van der Waals surface area contributed by atoms with E-state index in [1.165, 1.54) is 22.0 Å². The second-order valence-electron chi connectivity index (χ2n) is 7.16. The predicted molar refractivity (Wildman–Crippen MR) is 105 cm³/mol. The van der Waals surface area contributed by atoms with E-state index in [4.69, 9.17) is 4.74 Å². The lowest BCUT2D eigenvalue weighted by atomic mass is 9.76. The van der Waals surface area contributed by atoms with Gasteiger partial charge in [0.1, 0.15) is 0 Å². The number of ether oxygens (including phenoxy) is 1. The zero-order valence-corrected chi connectivity index (χ0v) is 14.6. The number of anilines is 1. The molecule has 1 aliphatic carbocycles. The molecule has 3 aromatic carbocycles. The van der Waals surface area contributed by atoms with E-state index in [1.807, 2.05) is 12.1 Å². The van der Waals surface area contributed by atoms with E-state index < -0.39 is 0 Å². The molecule has 26 heavy (non-hydrogen) atoms. The normalized spacial score (nSPS) is 23.3. The van der Waals surface area contributed by atoms with Gasteiger partial charge in [-0.05, 0) is 41.0 Å². The maximum Gasteiger partial charge on any atom is 0.160 e. The zero-order valence-electron chi connectivity index (χ0n) is 14.6. The third kappa shape index (κ3) is 2.20. The van der Waals surface area contributed by atoms with Gasteiger partial charge in [-0.25, -0.2) is 0 Å². The van der Waals surface area contributed by atoms with Gasteiger partial charge < -0.3 is 15.2 Å². The Labute approximate surface area is 152 Å². The van der Waals surface area contributed by atoms with Crippen LogP contribution in [0.15, 0.2) is 66.7 Å². The molecule has 3 aromatic rings. The molecule has 130 valence electrons. The molecule has 0 fully saturated rings. The van der Waals surface area contributed by atoms with Crippen molar-refractivity contribution >= 4 is 16.5 Å². The van der Waals surface area contributed by atoms with Crippen LogP contribution in [0.3, 0.4) is 0 Å². The fourth-order valence-electron chi connectivity index (χ4n) is 4.57. The summed E-state index contributed by atoms with van der Waals surface area (Å²) < 4.78 is 5.21. The van der Waals surface area contributed by atoms with E-state index in [-0.39, 0.29) is 11.8 Å². The van der Waals surface area contributed by atoms with Crippen LogP contribution in [-0.2, 0) is 0 Å². The molecule has 5 rings (SSSR count). The first kappa shape index (κ1) is 15.3. The Morgan fingerprint density at radius 3 is 2.81 bits per heavy atom. The molecule has 0 aromatic heterocycles. The van der Waals surface area contributed by atoms with E-state index in [1.54, 1.807) is 7.11 Å². The van der Waals surface area contributed by atoms with Gasteiger partial charge in [-0.1, -0.05) is 54.6 Å². The van der Waals surface area contributed by atoms with Gasteiger partial charge in [-0.3, -0.25) is 0 Å². The number of aromatic hydroxyl groups is 1. The molecule has 0 bridgehead atoms. The lowest BCUT2D eigenvalue weighted by molar-refractivity contribution is 0.371. The molecule has 3 atom stereocenters. The molecule has 0 radical (unpaired) electrons. The van der Waals surface area contributed by atoms with E-state index in [9.17, 15) is 5.11 Å². The summed E-state index contributed by atoms with van der Waals surface area (Å²) >= 11 is 0. The van der Waals surface area contributed by atoms with Crippen LogP contribution in [0.4, 0.5) is 5.69 Å². The molecule has 2 N–H and O–H groups in total. The summed E-state index contributed by atoms with van der Waals surface area (Å²) in [5, 5.41) is 16.6. The van der Waals surface area contributed by atoms with Crippen LogP contribution in [0.25, 0.3) is 10.8 Å². The van der Waals surface area contributed by atoms with E-state index in [2.05, 4.69) is 59.9 Å². The SMILES string of the molecule is COc1ccc(C2Nc3c(ccc4ccccc34)C3C=CCC32)cc1O. The molecule has 3 unspecified atom stereocenters. The maximum atomic E-state index is 10.3. The highest BCUT2D eigenvalue weighted by Crippen LogP contribution is 2.52. The summed E-state index contributed by atoms with van der Waals surface area (Å²) in [6, 6.07) is 18.9. The number of hydrogen-bond donors (Lipinski definition) is 2. The van der Waals surface area contributed by atoms with Crippen molar-refractivity contribution in [1.82, 2.24) is 0 Å². The van der Waals surface area contributed by atoms with Gasteiger partial charge in [0.2, 0.25) is 0 Å². The first-order valence-corrected chi connectivity index (χ1v) is 9.08. The Hall–Kier alpha value is -2.94. The highest BCUT2D eigenvalue weighted by Gasteiger charge is 2.38. The van der Waals surface area contributed by atoms with Gasteiger partial charge in [-0.2, -0.15) is 0 Å². The quantitative estimate of drug-likeness (QED) is 0.614. The highest BCUT2D eigenvalue weighted by atomic mass is 16.5. The first-order chi connectivity index (χ1) is 12.8. The van der Waals surface area contributed by atoms with Gasteiger partial charge >= 0.3 is 0 Å². The number of hydrogen-bond acceptors (Lipinski definition) is 3. The number of nitrogens with one attached hydrogen (secondary N) is 1. The smallest absolute Gasteiger partial charge is 0.160 e. The predicted octanol–water partition coefficient (Wildman–Crippen LogP) is 5.38. The zero-order chi connectivity index (χ0) is 17.7. The van der Waals surface area contributed by atoms with Crippen molar-refractivity contribution in [2.75, 3.05) is 12.4 Å². The van der Waals surface area contributed by atoms with Crippen LogP contribution >= 0.6 is 0 Å². The number of benzene rings is 3. The average Bonchev–Trinajstić information content (AvgIpc) is 3.17. The number of methoxy groups -OCH3 is 1. The van der Waals surface area contributed by atoms with Crippen molar-refractivity contribution in [3.8, 4) is 11.5 Å². The summed E-state index contributed by atoms with van der Waals surface area (Å²) in [6.45, 7) is 0. The summed E-state index contributed by atoms with van der Waals surface area (Å²) in [7, 11) is 1.58. The molecule has 1 aliphatic heterocycles. The molecule has 3 heteroatoms. The van der Waals surface area contributed by atoms with Gasteiger partial charge in [-0.15, -0.1) is 0 Å². The second-order valence-corrected chi connectivity index (χ2v) is 7.16. The summed E-state index contributed by atoms with van der Waals surface area (Å²) in [6.07, 6.45) is 5.68. The third-order valence-corrected chi connectivity index (χ3v) is 5.82. The van der Waals surface area contributed by atoms with Crippen molar-refractivity contribution in [1.29, 1.82) is 0 Å². The van der Waals surface area contributed by atoms with Crippen LogP contribution < -0.4 is 10.1 Å². The molecule has 0 saturated heterocycles. The standard InChI is InChI=1S/C23H21NO2/c1-26-21-12-10-15(13-20(21)25)22-18-8-4-7-17(18)19-11-9-14-5-2-3-6-16(14)23(19)24-22/h2-7,9-13,17-18,22,24-25H,8H2,1H3. The molecule has 3 nitrogen and oxygen atoms in total. The van der Waals surface area contributed by atoms with Crippen LogP contribution in [0.5, 0.6) is 11.5 Å². The molecule has 0 spiro atoms. The highest BCUT2D eigenvalue weighted by molar-refractivity contribution is 5.96. The van der Waals surface area contributed by atoms with E-state index in [0.717, 1.165) is 12.0 Å². The van der Waals surface area contributed by atoms with Crippen molar-refractivity contribution in [2.45, 2.75) is 18.4 Å². The van der Waals surface area contributed by atoms with Crippen molar-refractivity contribution in [3.63, 3.8) is 0 Å². The first-order valence-electron chi connectivity index (χ1n) is 9.08. The van der Waals surface area contributed by atoms with Crippen LogP contribution in [0.2, 0.25) is 0 Å². The Kier molecular flexibility index (Phi) is 3.42. The minimum absolute atomic E-state index is 0.158. The summed E-state index contributed by atoms with van der Waals surface area (Å²) in [5.41, 5.74) is 3.69. The molecular weight excluding hydrogens is 322 g/mol. The van der Waals surface area contributed by atoms with Crippen LogP contribution in [0, 0.1) is 5.92 Å². The molecule has 2 aliphatic rings.